The summed E-state index contributed by atoms with van der Waals surface area (Å²) in [6.45, 7) is 0.902. The maximum absolute atomic E-state index is 14.5. The van der Waals surface area contributed by atoms with Gasteiger partial charge in [0.25, 0.3) is 0 Å². The van der Waals surface area contributed by atoms with Gasteiger partial charge in [-0.3, -0.25) is 9.11 Å². The van der Waals surface area contributed by atoms with Crippen molar-refractivity contribution in [1.29, 1.82) is 0 Å². The lowest BCUT2D eigenvalue weighted by atomic mass is 9.87. The van der Waals surface area contributed by atoms with Crippen LogP contribution in [-0.2, 0) is 11.5 Å². The van der Waals surface area contributed by atoms with Crippen LogP contribution in [0.5, 0.6) is 0 Å². The predicted molar refractivity (Wildman–Crippen MR) is 115 cm³/mol. The van der Waals surface area contributed by atoms with E-state index in [2.05, 4.69) is 9.97 Å². The molecule has 2 aliphatic rings. The molecule has 0 bridgehead atoms. The zero-order valence-corrected chi connectivity index (χ0v) is 18.3. The van der Waals surface area contributed by atoms with Crippen LogP contribution in [0.1, 0.15) is 36.9 Å². The largest absolute Gasteiger partial charge is 0.396 e. The van der Waals surface area contributed by atoms with Gasteiger partial charge in [0.05, 0.1) is 33.4 Å². The molecule has 0 atom stereocenters. The van der Waals surface area contributed by atoms with Crippen LogP contribution in [0.25, 0.3) is 11.4 Å². The van der Waals surface area contributed by atoms with Crippen LogP contribution in [0.2, 0.25) is 5.02 Å². The quantitative estimate of drug-likeness (QED) is 0.485. The van der Waals surface area contributed by atoms with Crippen molar-refractivity contribution >= 4 is 28.0 Å². The van der Waals surface area contributed by atoms with Crippen molar-refractivity contribution in [2.75, 3.05) is 24.6 Å². The Morgan fingerprint density at radius 3 is 2.48 bits per heavy atom. The Kier molecular flexibility index (Phi) is 6.14. The molecule has 4 N–H and O–H groups in total. The summed E-state index contributed by atoms with van der Waals surface area (Å²) in [5, 5.41) is 19.4. The Morgan fingerprint density at radius 1 is 1.10 bits per heavy atom. The van der Waals surface area contributed by atoms with E-state index in [4.69, 9.17) is 16.7 Å². The van der Waals surface area contributed by atoms with Crippen LogP contribution in [0.4, 0.5) is 14.6 Å². The van der Waals surface area contributed by atoms with Crippen molar-refractivity contribution in [2.24, 2.45) is 0 Å². The lowest BCUT2D eigenvalue weighted by Gasteiger charge is -2.39. The third kappa shape index (κ3) is 4.64. The molecule has 0 spiro atoms. The Bertz CT molecular complexity index is 1000. The molecule has 4 rings (SSSR count). The van der Waals surface area contributed by atoms with E-state index in [0.717, 1.165) is 12.1 Å². The molecule has 1 saturated heterocycles. The molecule has 0 saturated carbocycles. The van der Waals surface area contributed by atoms with Crippen LogP contribution >= 0.6 is 22.2 Å². The fraction of sp³-hybridized carbons (Fsp3) is 0.500. The zero-order chi connectivity index (χ0) is 22.4. The molecule has 2 aliphatic heterocycles. The molecule has 170 valence electrons. The summed E-state index contributed by atoms with van der Waals surface area (Å²) in [4.78, 5) is 10.7. The summed E-state index contributed by atoms with van der Waals surface area (Å²) in [6.07, 6.45) is 1.88. The van der Waals surface area contributed by atoms with E-state index < -0.39 is 27.8 Å². The number of rotatable bonds is 5. The van der Waals surface area contributed by atoms with Crippen molar-refractivity contribution in [3.63, 3.8) is 0 Å². The van der Waals surface area contributed by atoms with Crippen LogP contribution < -0.4 is 4.90 Å². The van der Waals surface area contributed by atoms with Crippen molar-refractivity contribution in [2.45, 2.75) is 42.8 Å². The second-order valence-corrected chi connectivity index (χ2v) is 10.8. The normalized spacial score (nSPS) is 20.5. The highest BCUT2D eigenvalue weighted by Crippen LogP contribution is 2.54. The van der Waals surface area contributed by atoms with Crippen molar-refractivity contribution in [1.82, 2.24) is 9.97 Å². The zero-order valence-electron chi connectivity index (χ0n) is 16.7. The molecule has 2 aromatic rings. The highest BCUT2D eigenvalue weighted by molar-refractivity contribution is 8.23. The highest BCUT2D eigenvalue weighted by atomic mass is 35.5. The van der Waals surface area contributed by atoms with E-state index in [1.54, 1.807) is 0 Å². The number of halogens is 3. The molecule has 1 aromatic heterocycles. The maximum atomic E-state index is 14.5. The maximum Gasteiger partial charge on any atom is 0.164 e. The first-order valence-corrected chi connectivity index (χ1v) is 12.2. The van der Waals surface area contributed by atoms with Crippen molar-refractivity contribution in [3.05, 3.63) is 40.0 Å². The molecule has 0 aliphatic carbocycles. The standard InChI is InChI=1S/C20H24ClF2N3O4S/c21-14-9-15(22)12(8-16(14)23)18-24-17-11-31(29,30)10-13(17)19(25-18)26-5-3-20(28,4-6-26)2-1-7-27/h8-9,27-30H,1-7,10-11H2. The van der Waals surface area contributed by atoms with Gasteiger partial charge in [-0.1, -0.05) is 11.6 Å². The van der Waals surface area contributed by atoms with Crippen LogP contribution in [-0.4, -0.2) is 54.6 Å². The summed E-state index contributed by atoms with van der Waals surface area (Å²) in [6, 6.07) is 1.79. The van der Waals surface area contributed by atoms with Gasteiger partial charge >= 0.3 is 0 Å². The molecule has 1 fully saturated rings. The Labute approximate surface area is 185 Å². The Balaban J connectivity index is 1.71. The predicted octanol–water partition coefficient (Wildman–Crippen LogP) is 3.94. The summed E-state index contributed by atoms with van der Waals surface area (Å²) in [5.41, 5.74) is -0.0619. The fourth-order valence-corrected chi connectivity index (χ4v) is 5.84. The lowest BCUT2D eigenvalue weighted by Crippen LogP contribution is -2.45. The van der Waals surface area contributed by atoms with Crippen LogP contribution in [0, 0.1) is 11.6 Å². The van der Waals surface area contributed by atoms with Gasteiger partial charge in [0.1, 0.15) is 17.5 Å². The van der Waals surface area contributed by atoms with E-state index in [0.29, 0.717) is 55.8 Å². The summed E-state index contributed by atoms with van der Waals surface area (Å²) >= 11 is 5.65. The summed E-state index contributed by atoms with van der Waals surface area (Å²) in [5.74, 6) is -1.27. The number of nitrogens with zero attached hydrogens (tertiary/aromatic N) is 3. The minimum atomic E-state index is -2.92. The number of benzene rings is 1. The molecule has 1 aromatic carbocycles. The van der Waals surface area contributed by atoms with Gasteiger partial charge in [-0.25, -0.2) is 18.7 Å². The van der Waals surface area contributed by atoms with Gasteiger partial charge < -0.3 is 15.1 Å². The number of hydrogen-bond acceptors (Lipinski definition) is 7. The molecule has 0 radical (unpaired) electrons. The molecular formula is C20H24ClF2N3O4S. The lowest BCUT2D eigenvalue weighted by molar-refractivity contribution is 0.00248. The second kappa shape index (κ2) is 8.42. The molecule has 0 unspecified atom stereocenters. The number of aliphatic hydroxyl groups excluding tert-OH is 1. The van der Waals surface area contributed by atoms with Gasteiger partial charge in [-0.2, -0.15) is 10.6 Å². The first-order chi connectivity index (χ1) is 14.6. The van der Waals surface area contributed by atoms with Gasteiger partial charge in [0.15, 0.2) is 5.82 Å². The number of hydrogen-bond donors (Lipinski definition) is 4. The van der Waals surface area contributed by atoms with E-state index in [-0.39, 0.29) is 34.5 Å². The Hall–Kier alpha value is -1.56. The van der Waals surface area contributed by atoms with Crippen LogP contribution in [0.3, 0.4) is 0 Å². The number of aromatic nitrogens is 2. The first-order valence-electron chi connectivity index (χ1n) is 9.97. The van der Waals surface area contributed by atoms with Gasteiger partial charge in [0, 0.05) is 25.3 Å². The number of fused-ring (bicyclic) bond motifs is 1. The SMILES string of the molecule is OCCCC1(O)CCN(c2nc(-c3cc(F)c(Cl)cc3F)nc3c2CS(O)(O)C3)CC1. The molecule has 0 amide bonds. The average molecular weight is 476 g/mol. The Morgan fingerprint density at radius 2 is 1.81 bits per heavy atom. The third-order valence-corrected chi connectivity index (χ3v) is 7.64. The van der Waals surface area contributed by atoms with Crippen LogP contribution in [0.15, 0.2) is 12.1 Å². The smallest absolute Gasteiger partial charge is 0.164 e. The van der Waals surface area contributed by atoms with Gasteiger partial charge in [0.2, 0.25) is 0 Å². The summed E-state index contributed by atoms with van der Waals surface area (Å²) in [7, 11) is -2.92. The number of aliphatic hydroxyl groups is 2. The minimum absolute atomic E-state index is 0.000683. The van der Waals surface area contributed by atoms with Gasteiger partial charge in [-0.15, -0.1) is 0 Å². The molecule has 3 heterocycles. The second-order valence-electron chi connectivity index (χ2n) is 8.17. The molecule has 11 heteroatoms. The topological polar surface area (TPSA) is 110 Å². The third-order valence-electron chi connectivity index (χ3n) is 5.86. The fourth-order valence-electron chi connectivity index (χ4n) is 4.15. The van der Waals surface area contributed by atoms with E-state index in [1.165, 1.54) is 0 Å². The molecular weight excluding hydrogens is 452 g/mol. The van der Waals surface area contributed by atoms with E-state index in [9.17, 15) is 23.0 Å². The van der Waals surface area contributed by atoms with E-state index in [1.807, 2.05) is 4.90 Å². The van der Waals surface area contributed by atoms with Crippen molar-refractivity contribution < 1.29 is 28.1 Å². The highest BCUT2D eigenvalue weighted by Gasteiger charge is 2.37. The molecule has 31 heavy (non-hydrogen) atoms. The summed E-state index contributed by atoms with van der Waals surface area (Å²) < 4.78 is 49.0. The van der Waals surface area contributed by atoms with E-state index >= 15 is 0 Å². The minimum Gasteiger partial charge on any atom is -0.396 e. The number of anilines is 1. The monoisotopic (exact) mass is 475 g/mol. The molecule has 7 nitrogen and oxygen atoms in total. The van der Waals surface area contributed by atoms with Crippen molar-refractivity contribution in [3.8, 4) is 11.4 Å². The van der Waals surface area contributed by atoms with Gasteiger partial charge in [-0.05, 0) is 37.8 Å². The average Bonchev–Trinajstić information content (AvgIpc) is 3.03. The first kappa shape index (κ1) is 22.6. The number of piperidine rings is 1.